The van der Waals surface area contributed by atoms with Crippen LogP contribution in [0.4, 0.5) is 5.69 Å². The monoisotopic (exact) mass is 385 g/mol. The van der Waals surface area contributed by atoms with Crippen molar-refractivity contribution in [2.45, 2.75) is 6.92 Å². The molecule has 2 aromatic carbocycles. The maximum atomic E-state index is 12.6. The van der Waals surface area contributed by atoms with Crippen molar-refractivity contribution in [3.05, 3.63) is 90.3 Å². The van der Waals surface area contributed by atoms with E-state index in [1.807, 2.05) is 42.5 Å². The van der Waals surface area contributed by atoms with E-state index >= 15 is 0 Å². The number of ether oxygens (including phenoxy) is 1. The molecule has 0 radical (unpaired) electrons. The standard InChI is InChI=1S/C23H19N3O3/c1-2-29-23(28)20-15-24-26-13-12-19(14-21(20)26)25-22(27)18-10-8-17(9-11-18)16-6-4-3-5-7-16/h3-15H,2H2,1H3,(H,25,27). The average Bonchev–Trinajstić information content (AvgIpc) is 3.18. The van der Waals surface area contributed by atoms with E-state index in [2.05, 4.69) is 10.4 Å². The number of hydrogen-bond acceptors (Lipinski definition) is 4. The molecule has 0 aliphatic carbocycles. The van der Waals surface area contributed by atoms with E-state index < -0.39 is 5.97 Å². The lowest BCUT2D eigenvalue weighted by Crippen LogP contribution is -2.12. The summed E-state index contributed by atoms with van der Waals surface area (Å²) in [5.74, 6) is -0.673. The first-order chi connectivity index (χ1) is 14.2. The summed E-state index contributed by atoms with van der Waals surface area (Å²) < 4.78 is 6.62. The minimum Gasteiger partial charge on any atom is -0.462 e. The van der Waals surface area contributed by atoms with Crippen molar-refractivity contribution in [3.8, 4) is 11.1 Å². The van der Waals surface area contributed by atoms with Crippen molar-refractivity contribution in [3.63, 3.8) is 0 Å². The molecule has 2 aromatic heterocycles. The number of hydrogen-bond donors (Lipinski definition) is 1. The van der Waals surface area contributed by atoms with Crippen molar-refractivity contribution < 1.29 is 14.3 Å². The lowest BCUT2D eigenvalue weighted by molar-refractivity contribution is 0.0528. The second-order valence-electron chi connectivity index (χ2n) is 6.42. The maximum absolute atomic E-state index is 12.6. The van der Waals surface area contributed by atoms with Gasteiger partial charge in [0.1, 0.15) is 5.56 Å². The molecular weight excluding hydrogens is 366 g/mol. The van der Waals surface area contributed by atoms with Crippen LogP contribution in [0.3, 0.4) is 0 Å². The van der Waals surface area contributed by atoms with Crippen molar-refractivity contribution >= 4 is 23.1 Å². The number of esters is 1. The van der Waals surface area contributed by atoms with E-state index in [-0.39, 0.29) is 12.5 Å². The summed E-state index contributed by atoms with van der Waals surface area (Å²) in [6, 6.07) is 20.8. The van der Waals surface area contributed by atoms with Crippen LogP contribution in [0.5, 0.6) is 0 Å². The van der Waals surface area contributed by atoms with Gasteiger partial charge in [-0.1, -0.05) is 42.5 Å². The number of rotatable bonds is 5. The van der Waals surface area contributed by atoms with Crippen LogP contribution in [0.2, 0.25) is 0 Å². The van der Waals surface area contributed by atoms with Crippen LogP contribution in [0, 0.1) is 0 Å². The number of carbonyl (C=O) groups excluding carboxylic acids is 2. The fraction of sp³-hybridized carbons (Fsp3) is 0.0870. The van der Waals surface area contributed by atoms with Gasteiger partial charge in [0.2, 0.25) is 0 Å². The van der Waals surface area contributed by atoms with Gasteiger partial charge in [-0.15, -0.1) is 0 Å². The topological polar surface area (TPSA) is 72.7 Å². The number of anilines is 1. The van der Waals surface area contributed by atoms with Crippen molar-refractivity contribution in [2.75, 3.05) is 11.9 Å². The maximum Gasteiger partial charge on any atom is 0.341 e. The molecule has 0 atom stereocenters. The Hall–Kier alpha value is -3.93. The second-order valence-corrected chi connectivity index (χ2v) is 6.42. The first kappa shape index (κ1) is 18.4. The van der Waals surface area contributed by atoms with Gasteiger partial charge in [0, 0.05) is 17.4 Å². The van der Waals surface area contributed by atoms with Crippen LogP contribution in [-0.4, -0.2) is 28.1 Å². The summed E-state index contributed by atoms with van der Waals surface area (Å²) in [6.45, 7) is 2.03. The fourth-order valence-corrected chi connectivity index (χ4v) is 3.07. The Bertz CT molecular complexity index is 1170. The molecule has 0 spiro atoms. The molecule has 6 nitrogen and oxygen atoms in total. The Labute approximate surface area is 167 Å². The second kappa shape index (κ2) is 7.98. The lowest BCUT2D eigenvalue weighted by Gasteiger charge is -2.08. The number of aromatic nitrogens is 2. The Morgan fingerprint density at radius 1 is 1.00 bits per heavy atom. The average molecular weight is 385 g/mol. The van der Waals surface area contributed by atoms with Crippen LogP contribution in [0.1, 0.15) is 27.6 Å². The summed E-state index contributed by atoms with van der Waals surface area (Å²) in [5, 5.41) is 7.01. The summed E-state index contributed by atoms with van der Waals surface area (Å²) in [6.07, 6.45) is 3.15. The number of carbonyl (C=O) groups is 2. The van der Waals surface area contributed by atoms with E-state index in [1.165, 1.54) is 6.20 Å². The van der Waals surface area contributed by atoms with Gasteiger partial charge in [-0.05, 0) is 42.3 Å². The number of nitrogens with one attached hydrogen (secondary N) is 1. The molecule has 0 bridgehead atoms. The van der Waals surface area contributed by atoms with Gasteiger partial charge >= 0.3 is 5.97 Å². The predicted octanol–water partition coefficient (Wildman–Crippen LogP) is 4.43. The van der Waals surface area contributed by atoms with Gasteiger partial charge in [-0.3, -0.25) is 4.79 Å². The number of fused-ring (bicyclic) bond motifs is 1. The Balaban J connectivity index is 1.54. The van der Waals surface area contributed by atoms with E-state index in [9.17, 15) is 9.59 Å². The van der Waals surface area contributed by atoms with Gasteiger partial charge in [0.05, 0.1) is 18.3 Å². The predicted molar refractivity (Wildman–Crippen MR) is 111 cm³/mol. The van der Waals surface area contributed by atoms with Crippen molar-refractivity contribution in [1.82, 2.24) is 9.61 Å². The quantitative estimate of drug-likeness (QED) is 0.516. The van der Waals surface area contributed by atoms with Crippen molar-refractivity contribution in [2.24, 2.45) is 0 Å². The molecule has 0 saturated carbocycles. The molecule has 0 unspecified atom stereocenters. The third kappa shape index (κ3) is 3.87. The minimum atomic E-state index is -0.442. The van der Waals surface area contributed by atoms with Gasteiger partial charge in [0.25, 0.3) is 5.91 Å². The van der Waals surface area contributed by atoms with Crippen LogP contribution in [0.15, 0.2) is 79.1 Å². The van der Waals surface area contributed by atoms with Gasteiger partial charge < -0.3 is 10.1 Å². The molecule has 1 amide bonds. The van der Waals surface area contributed by atoms with Crippen molar-refractivity contribution in [1.29, 1.82) is 0 Å². The van der Waals surface area contributed by atoms with E-state index in [0.29, 0.717) is 22.3 Å². The van der Waals surface area contributed by atoms with E-state index in [1.54, 1.807) is 41.9 Å². The summed E-state index contributed by atoms with van der Waals surface area (Å²) >= 11 is 0. The zero-order valence-corrected chi connectivity index (χ0v) is 15.8. The zero-order chi connectivity index (χ0) is 20.2. The molecule has 2 heterocycles. The minimum absolute atomic E-state index is 0.230. The third-order valence-electron chi connectivity index (χ3n) is 4.53. The number of benzene rings is 2. The zero-order valence-electron chi connectivity index (χ0n) is 15.8. The Morgan fingerprint density at radius 2 is 1.72 bits per heavy atom. The van der Waals surface area contributed by atoms with Crippen LogP contribution in [-0.2, 0) is 4.74 Å². The van der Waals surface area contributed by atoms with Crippen LogP contribution >= 0.6 is 0 Å². The Kier molecular flexibility index (Phi) is 5.07. The normalized spacial score (nSPS) is 10.7. The number of pyridine rings is 1. The molecule has 0 fully saturated rings. The molecular formula is C23H19N3O3. The van der Waals surface area contributed by atoms with E-state index in [0.717, 1.165) is 11.1 Å². The van der Waals surface area contributed by atoms with E-state index in [4.69, 9.17) is 4.74 Å². The summed E-state index contributed by atoms with van der Waals surface area (Å²) in [7, 11) is 0. The van der Waals surface area contributed by atoms with Gasteiger partial charge in [-0.2, -0.15) is 5.10 Å². The molecule has 144 valence electrons. The number of amides is 1. The highest BCUT2D eigenvalue weighted by atomic mass is 16.5. The molecule has 4 aromatic rings. The van der Waals surface area contributed by atoms with Crippen LogP contribution < -0.4 is 5.32 Å². The molecule has 4 rings (SSSR count). The van der Waals surface area contributed by atoms with Gasteiger partial charge in [0.15, 0.2) is 0 Å². The van der Waals surface area contributed by atoms with Crippen LogP contribution in [0.25, 0.3) is 16.6 Å². The summed E-state index contributed by atoms with van der Waals surface area (Å²) in [4.78, 5) is 24.7. The van der Waals surface area contributed by atoms with Gasteiger partial charge in [-0.25, -0.2) is 9.31 Å². The lowest BCUT2D eigenvalue weighted by atomic mass is 10.0. The summed E-state index contributed by atoms with van der Waals surface area (Å²) in [5.41, 5.74) is 4.18. The largest absolute Gasteiger partial charge is 0.462 e. The highest BCUT2D eigenvalue weighted by Gasteiger charge is 2.15. The molecule has 0 saturated heterocycles. The molecule has 0 aliphatic heterocycles. The molecule has 0 aliphatic rings. The third-order valence-corrected chi connectivity index (χ3v) is 4.53. The molecule has 6 heteroatoms. The first-order valence-electron chi connectivity index (χ1n) is 9.27. The smallest absolute Gasteiger partial charge is 0.341 e. The Morgan fingerprint density at radius 3 is 2.45 bits per heavy atom. The highest BCUT2D eigenvalue weighted by Crippen LogP contribution is 2.21. The highest BCUT2D eigenvalue weighted by molar-refractivity contribution is 6.05. The first-order valence-corrected chi connectivity index (χ1v) is 9.27. The SMILES string of the molecule is CCOC(=O)c1cnn2ccc(NC(=O)c3ccc(-c4ccccc4)cc3)cc12. The number of nitrogens with zero attached hydrogens (tertiary/aromatic N) is 2. The fourth-order valence-electron chi connectivity index (χ4n) is 3.07. The molecule has 1 N–H and O–H groups in total. The molecule has 29 heavy (non-hydrogen) atoms.